The van der Waals surface area contributed by atoms with Gasteiger partial charge in [-0.25, -0.2) is 0 Å². The second-order valence-electron chi connectivity index (χ2n) is 4.77. The average Bonchev–Trinajstić information content (AvgIpc) is 3.02. The molecule has 0 radical (unpaired) electrons. The Bertz CT molecular complexity index is 676. The molecule has 1 amide bonds. The maximum absolute atomic E-state index is 12.2. The van der Waals surface area contributed by atoms with E-state index in [1.165, 1.54) is 7.11 Å². The summed E-state index contributed by atoms with van der Waals surface area (Å²) in [6.07, 6.45) is 0. The van der Waals surface area contributed by atoms with Crippen LogP contribution in [0.15, 0.2) is 18.2 Å². The Balaban J connectivity index is 2.00. The topological polar surface area (TPSA) is 93.6 Å². The SMILES string of the molecule is COCCN(CC(=O)Nc1cccc2nsnc12)CC(=O)OC. The second kappa shape index (κ2) is 8.51. The van der Waals surface area contributed by atoms with Crippen molar-refractivity contribution in [1.82, 2.24) is 13.6 Å². The van der Waals surface area contributed by atoms with Crippen LogP contribution in [0.25, 0.3) is 11.0 Å². The lowest BCUT2D eigenvalue weighted by atomic mass is 10.2. The van der Waals surface area contributed by atoms with E-state index in [4.69, 9.17) is 4.74 Å². The molecule has 23 heavy (non-hydrogen) atoms. The molecule has 1 aromatic heterocycles. The lowest BCUT2D eigenvalue weighted by Crippen LogP contribution is -2.39. The van der Waals surface area contributed by atoms with Crippen molar-refractivity contribution in [2.24, 2.45) is 0 Å². The van der Waals surface area contributed by atoms with Crippen molar-refractivity contribution in [2.75, 3.05) is 45.8 Å². The summed E-state index contributed by atoms with van der Waals surface area (Å²) in [6.45, 7) is 0.930. The van der Waals surface area contributed by atoms with Gasteiger partial charge < -0.3 is 14.8 Å². The quantitative estimate of drug-likeness (QED) is 0.710. The van der Waals surface area contributed by atoms with Gasteiger partial charge in [0.05, 0.1) is 44.2 Å². The highest BCUT2D eigenvalue weighted by Gasteiger charge is 2.16. The summed E-state index contributed by atoms with van der Waals surface area (Å²) in [5, 5.41) is 2.80. The standard InChI is InChI=1S/C14H18N4O4S/c1-21-7-6-18(9-13(20)22-2)8-12(19)15-10-4-3-5-11-14(10)17-23-16-11/h3-5H,6-9H2,1-2H3,(H,15,19). The number of carbonyl (C=O) groups excluding carboxylic acids is 2. The van der Waals surface area contributed by atoms with Crippen LogP contribution in [-0.2, 0) is 19.1 Å². The van der Waals surface area contributed by atoms with Crippen LogP contribution in [-0.4, -0.2) is 66.0 Å². The summed E-state index contributed by atoms with van der Waals surface area (Å²) >= 11 is 1.09. The van der Waals surface area contributed by atoms with Crippen LogP contribution in [0.3, 0.4) is 0 Å². The van der Waals surface area contributed by atoms with E-state index in [1.54, 1.807) is 24.1 Å². The van der Waals surface area contributed by atoms with Crippen LogP contribution in [0.1, 0.15) is 0 Å². The minimum absolute atomic E-state index is 0.0235. The number of fused-ring (bicyclic) bond motifs is 1. The molecule has 0 unspecified atom stereocenters. The Kier molecular flexibility index (Phi) is 6.39. The molecule has 1 N–H and O–H groups in total. The molecule has 8 nitrogen and oxygen atoms in total. The smallest absolute Gasteiger partial charge is 0.319 e. The first kappa shape index (κ1) is 17.3. The molecule has 0 aliphatic heterocycles. The number of esters is 1. The maximum Gasteiger partial charge on any atom is 0.319 e. The van der Waals surface area contributed by atoms with Crippen LogP contribution in [0, 0.1) is 0 Å². The molecule has 2 rings (SSSR count). The fourth-order valence-corrected chi connectivity index (χ4v) is 2.53. The molecule has 0 aliphatic rings. The summed E-state index contributed by atoms with van der Waals surface area (Å²) in [4.78, 5) is 25.3. The summed E-state index contributed by atoms with van der Waals surface area (Å²) in [5.74, 6) is -0.648. The third-order valence-electron chi connectivity index (χ3n) is 3.12. The van der Waals surface area contributed by atoms with E-state index >= 15 is 0 Å². The Morgan fingerprint density at radius 1 is 1.26 bits per heavy atom. The Morgan fingerprint density at radius 3 is 2.83 bits per heavy atom. The number of hydrogen-bond donors (Lipinski definition) is 1. The van der Waals surface area contributed by atoms with E-state index in [0.717, 1.165) is 17.2 Å². The minimum atomic E-state index is -0.403. The molecular weight excluding hydrogens is 320 g/mol. The molecule has 0 bridgehead atoms. The Labute approximate surface area is 137 Å². The highest BCUT2D eigenvalue weighted by atomic mass is 32.1. The van der Waals surface area contributed by atoms with Crippen molar-refractivity contribution < 1.29 is 19.1 Å². The van der Waals surface area contributed by atoms with Crippen molar-refractivity contribution in [1.29, 1.82) is 0 Å². The number of aromatic nitrogens is 2. The summed E-state index contributed by atoms with van der Waals surface area (Å²) in [7, 11) is 2.87. The zero-order chi connectivity index (χ0) is 16.7. The molecule has 9 heteroatoms. The number of amides is 1. The van der Waals surface area contributed by atoms with Crippen LogP contribution in [0.4, 0.5) is 5.69 Å². The number of nitrogens with one attached hydrogen (secondary N) is 1. The number of nitrogens with zero attached hydrogens (tertiary/aromatic N) is 3. The van der Waals surface area contributed by atoms with Crippen LogP contribution < -0.4 is 5.32 Å². The van der Waals surface area contributed by atoms with E-state index < -0.39 is 5.97 Å². The second-order valence-corrected chi connectivity index (χ2v) is 5.29. The molecule has 0 saturated carbocycles. The zero-order valence-corrected chi connectivity index (χ0v) is 13.8. The largest absolute Gasteiger partial charge is 0.468 e. The van der Waals surface area contributed by atoms with E-state index in [1.807, 2.05) is 6.07 Å². The van der Waals surface area contributed by atoms with Gasteiger partial charge in [0.25, 0.3) is 0 Å². The van der Waals surface area contributed by atoms with Gasteiger partial charge in [-0.2, -0.15) is 8.75 Å². The third-order valence-corrected chi connectivity index (χ3v) is 3.66. The van der Waals surface area contributed by atoms with Gasteiger partial charge in [0, 0.05) is 13.7 Å². The van der Waals surface area contributed by atoms with Gasteiger partial charge in [0.15, 0.2) is 0 Å². The average molecular weight is 338 g/mol. The van der Waals surface area contributed by atoms with Gasteiger partial charge >= 0.3 is 5.97 Å². The molecule has 1 heterocycles. The predicted molar refractivity (Wildman–Crippen MR) is 86.4 cm³/mol. The number of ether oxygens (including phenoxy) is 2. The first-order valence-electron chi connectivity index (χ1n) is 6.93. The van der Waals surface area contributed by atoms with Gasteiger partial charge in [-0.1, -0.05) is 6.07 Å². The number of rotatable bonds is 8. The van der Waals surface area contributed by atoms with E-state index in [9.17, 15) is 9.59 Å². The number of benzene rings is 1. The third kappa shape index (κ3) is 4.95. The molecule has 0 saturated heterocycles. The molecular formula is C14H18N4O4S. The molecule has 0 aliphatic carbocycles. The first-order valence-corrected chi connectivity index (χ1v) is 7.66. The normalized spacial score (nSPS) is 10.9. The summed E-state index contributed by atoms with van der Waals surface area (Å²) in [5.41, 5.74) is 1.99. The lowest BCUT2D eigenvalue weighted by molar-refractivity contribution is -0.142. The highest BCUT2D eigenvalue weighted by molar-refractivity contribution is 7.00. The van der Waals surface area contributed by atoms with Crippen LogP contribution in [0.5, 0.6) is 0 Å². The van der Waals surface area contributed by atoms with E-state index in [2.05, 4.69) is 18.8 Å². The Morgan fingerprint density at radius 2 is 2.09 bits per heavy atom. The number of carbonyl (C=O) groups is 2. The van der Waals surface area contributed by atoms with Crippen LogP contribution >= 0.6 is 11.7 Å². The molecule has 0 fully saturated rings. The van der Waals surface area contributed by atoms with Crippen molar-refractivity contribution in [3.05, 3.63) is 18.2 Å². The first-order chi connectivity index (χ1) is 11.1. The lowest BCUT2D eigenvalue weighted by Gasteiger charge is -2.20. The fraction of sp³-hybridized carbons (Fsp3) is 0.429. The van der Waals surface area contributed by atoms with Gasteiger partial charge in [-0.05, 0) is 12.1 Å². The zero-order valence-electron chi connectivity index (χ0n) is 12.9. The van der Waals surface area contributed by atoms with Gasteiger partial charge in [0.1, 0.15) is 11.0 Å². The van der Waals surface area contributed by atoms with Gasteiger partial charge in [0.2, 0.25) is 5.91 Å². The van der Waals surface area contributed by atoms with E-state index in [-0.39, 0.29) is 19.0 Å². The Hall–Kier alpha value is -2.10. The van der Waals surface area contributed by atoms with Gasteiger partial charge in [-0.3, -0.25) is 14.5 Å². The molecule has 0 spiro atoms. The van der Waals surface area contributed by atoms with Crippen molar-refractivity contribution in [3.8, 4) is 0 Å². The highest BCUT2D eigenvalue weighted by Crippen LogP contribution is 2.20. The number of anilines is 1. The summed E-state index contributed by atoms with van der Waals surface area (Å²) < 4.78 is 17.9. The summed E-state index contributed by atoms with van der Waals surface area (Å²) in [6, 6.07) is 5.40. The predicted octanol–water partition coefficient (Wildman–Crippen LogP) is 0.751. The minimum Gasteiger partial charge on any atom is -0.468 e. The number of methoxy groups -OCH3 is 2. The fourth-order valence-electron chi connectivity index (χ4n) is 1.98. The van der Waals surface area contributed by atoms with Crippen molar-refractivity contribution in [2.45, 2.75) is 0 Å². The van der Waals surface area contributed by atoms with Crippen LogP contribution in [0.2, 0.25) is 0 Å². The molecule has 2 aromatic rings. The van der Waals surface area contributed by atoms with Crippen molar-refractivity contribution >= 4 is 40.3 Å². The number of hydrogen-bond acceptors (Lipinski definition) is 8. The van der Waals surface area contributed by atoms with Gasteiger partial charge in [-0.15, -0.1) is 0 Å². The monoisotopic (exact) mass is 338 g/mol. The molecule has 0 atom stereocenters. The van der Waals surface area contributed by atoms with E-state index in [0.29, 0.717) is 24.4 Å². The van der Waals surface area contributed by atoms with Crippen molar-refractivity contribution in [3.63, 3.8) is 0 Å². The maximum atomic E-state index is 12.2. The molecule has 1 aromatic carbocycles. The molecule has 124 valence electrons.